The maximum absolute atomic E-state index is 9.86. The van der Waals surface area contributed by atoms with Gasteiger partial charge in [-0.3, -0.25) is 0 Å². The second kappa shape index (κ2) is 8.36. The number of isocyanates is 2. The number of hydrogen-bond donors (Lipinski definition) is 0. The van der Waals surface area contributed by atoms with E-state index < -0.39 is 0 Å². The molecule has 4 heteroatoms. The van der Waals surface area contributed by atoms with E-state index in [9.17, 15) is 9.59 Å². The lowest BCUT2D eigenvalue weighted by molar-refractivity contribution is 0.346. The Kier molecular flexibility index (Phi) is 7.62. The molecular weight excluding hydrogens is 180 g/mol. The van der Waals surface area contributed by atoms with Gasteiger partial charge in [-0.1, -0.05) is 13.8 Å². The average Bonchev–Trinajstić information content (AvgIpc) is 2.15. The predicted molar refractivity (Wildman–Crippen MR) is 53.5 cm³/mol. The Bertz CT molecular complexity index is 217. The van der Waals surface area contributed by atoms with Crippen LogP contribution in [0.15, 0.2) is 9.98 Å². The lowest BCUT2D eigenvalue weighted by Crippen LogP contribution is -2.11. The second-order valence-electron chi connectivity index (χ2n) is 3.53. The van der Waals surface area contributed by atoms with Crippen LogP contribution in [0.4, 0.5) is 0 Å². The quantitative estimate of drug-likeness (QED) is 0.459. The zero-order valence-corrected chi connectivity index (χ0v) is 8.69. The molecule has 0 fully saturated rings. The molecule has 0 saturated carbocycles. The molecule has 0 aliphatic rings. The molecule has 0 rings (SSSR count). The maximum Gasteiger partial charge on any atom is 0.234 e. The molecule has 0 aromatic heterocycles. The molecule has 0 unspecified atom stereocenters. The van der Waals surface area contributed by atoms with Gasteiger partial charge in [-0.2, -0.15) is 0 Å². The van der Waals surface area contributed by atoms with E-state index in [1.54, 1.807) is 0 Å². The molecule has 0 radical (unpaired) electrons. The van der Waals surface area contributed by atoms with E-state index in [2.05, 4.69) is 23.8 Å². The first kappa shape index (κ1) is 12.8. The van der Waals surface area contributed by atoms with Crippen LogP contribution in [-0.4, -0.2) is 25.2 Å². The first-order valence-corrected chi connectivity index (χ1v) is 4.79. The Morgan fingerprint density at radius 2 is 1.43 bits per heavy atom. The van der Waals surface area contributed by atoms with Crippen molar-refractivity contribution >= 4 is 12.2 Å². The summed E-state index contributed by atoms with van der Waals surface area (Å²) in [5.41, 5.74) is 0. The summed E-state index contributed by atoms with van der Waals surface area (Å²) in [6, 6.07) is 0. The van der Waals surface area contributed by atoms with Gasteiger partial charge >= 0.3 is 0 Å². The highest BCUT2D eigenvalue weighted by Gasteiger charge is 2.12. The normalized spacial score (nSPS) is 11.6. The van der Waals surface area contributed by atoms with Gasteiger partial charge in [0.15, 0.2) is 0 Å². The maximum atomic E-state index is 9.86. The van der Waals surface area contributed by atoms with Gasteiger partial charge in [-0.25, -0.2) is 19.6 Å². The number of hydrogen-bond acceptors (Lipinski definition) is 4. The molecule has 0 heterocycles. The van der Waals surface area contributed by atoms with Gasteiger partial charge in [-0.05, 0) is 24.7 Å². The van der Waals surface area contributed by atoms with Crippen molar-refractivity contribution in [2.24, 2.45) is 21.8 Å². The Balaban J connectivity index is 3.88. The summed E-state index contributed by atoms with van der Waals surface area (Å²) in [6.07, 6.45) is 4.73. The van der Waals surface area contributed by atoms with Gasteiger partial charge in [-0.15, -0.1) is 0 Å². The Morgan fingerprint density at radius 1 is 1.00 bits per heavy atom. The van der Waals surface area contributed by atoms with E-state index in [1.807, 2.05) is 0 Å². The van der Waals surface area contributed by atoms with Crippen LogP contribution in [0.3, 0.4) is 0 Å². The van der Waals surface area contributed by atoms with E-state index in [-0.39, 0.29) is 0 Å². The van der Waals surface area contributed by atoms with Gasteiger partial charge in [0.1, 0.15) is 0 Å². The van der Waals surface area contributed by atoms with E-state index in [1.165, 1.54) is 12.2 Å². The van der Waals surface area contributed by atoms with Gasteiger partial charge in [0.25, 0.3) is 0 Å². The summed E-state index contributed by atoms with van der Waals surface area (Å²) in [5, 5.41) is 0. The van der Waals surface area contributed by atoms with Crippen LogP contribution < -0.4 is 0 Å². The third-order valence-corrected chi connectivity index (χ3v) is 2.30. The summed E-state index contributed by atoms with van der Waals surface area (Å²) in [5.74, 6) is 0.961. The van der Waals surface area contributed by atoms with Crippen molar-refractivity contribution < 1.29 is 9.59 Å². The first-order valence-electron chi connectivity index (χ1n) is 4.79. The highest BCUT2D eigenvalue weighted by Crippen LogP contribution is 2.19. The lowest BCUT2D eigenvalue weighted by Gasteiger charge is -2.18. The minimum atomic E-state index is 0.448. The Morgan fingerprint density at radius 3 is 1.71 bits per heavy atom. The first-order chi connectivity index (χ1) is 6.72. The molecule has 78 valence electrons. The molecule has 4 nitrogen and oxygen atoms in total. The van der Waals surface area contributed by atoms with Crippen LogP contribution in [0.2, 0.25) is 0 Å². The van der Waals surface area contributed by atoms with Crippen LogP contribution in [0, 0.1) is 11.8 Å². The number of aliphatic imine (C=N–C) groups is 2. The minimum absolute atomic E-state index is 0.448. The fourth-order valence-corrected chi connectivity index (χ4v) is 1.36. The molecule has 0 amide bonds. The van der Waals surface area contributed by atoms with Crippen molar-refractivity contribution in [2.45, 2.75) is 26.7 Å². The molecule has 0 atom stereocenters. The summed E-state index contributed by atoms with van der Waals surface area (Å²) in [7, 11) is 0. The van der Waals surface area contributed by atoms with Crippen LogP contribution in [-0.2, 0) is 9.59 Å². The van der Waals surface area contributed by atoms with Crippen molar-refractivity contribution in [2.75, 3.05) is 13.1 Å². The monoisotopic (exact) mass is 196 g/mol. The zero-order valence-electron chi connectivity index (χ0n) is 8.69. The highest BCUT2D eigenvalue weighted by molar-refractivity contribution is 5.33. The van der Waals surface area contributed by atoms with E-state index in [0.29, 0.717) is 24.9 Å². The van der Waals surface area contributed by atoms with Crippen LogP contribution in [0.25, 0.3) is 0 Å². The molecular formula is C10H16N2O2. The molecule has 0 bridgehead atoms. The minimum Gasteiger partial charge on any atom is -0.211 e. The largest absolute Gasteiger partial charge is 0.234 e. The summed E-state index contributed by atoms with van der Waals surface area (Å²) in [4.78, 5) is 26.7. The highest BCUT2D eigenvalue weighted by atomic mass is 16.1. The van der Waals surface area contributed by atoms with Gasteiger partial charge < -0.3 is 0 Å². The molecule has 0 saturated heterocycles. The lowest BCUT2D eigenvalue weighted by atomic mass is 9.89. The molecule has 0 aromatic rings. The topological polar surface area (TPSA) is 58.9 Å². The van der Waals surface area contributed by atoms with Crippen LogP contribution >= 0.6 is 0 Å². The van der Waals surface area contributed by atoms with Crippen molar-refractivity contribution in [1.82, 2.24) is 0 Å². The number of nitrogens with zero attached hydrogens (tertiary/aromatic N) is 2. The summed E-state index contributed by atoms with van der Waals surface area (Å²) < 4.78 is 0. The van der Waals surface area contributed by atoms with Gasteiger partial charge in [0, 0.05) is 0 Å². The van der Waals surface area contributed by atoms with Gasteiger partial charge in [0.2, 0.25) is 12.2 Å². The standard InChI is InChI=1S/C10H16N2O2/c1-9(2)10(3-5-11-7-13)4-6-12-8-14/h9-10H,3-6H2,1-2H3. The third kappa shape index (κ3) is 6.30. The molecule has 0 spiro atoms. The van der Waals surface area contributed by atoms with Crippen LogP contribution in [0.1, 0.15) is 26.7 Å². The summed E-state index contributed by atoms with van der Waals surface area (Å²) >= 11 is 0. The zero-order chi connectivity index (χ0) is 10.8. The SMILES string of the molecule is CC(C)C(CCN=C=O)CCN=C=O. The molecule has 14 heavy (non-hydrogen) atoms. The van der Waals surface area contributed by atoms with Crippen LogP contribution in [0.5, 0.6) is 0 Å². The Labute approximate surface area is 84.1 Å². The smallest absolute Gasteiger partial charge is 0.211 e. The van der Waals surface area contributed by atoms with Crippen molar-refractivity contribution in [1.29, 1.82) is 0 Å². The predicted octanol–water partition coefficient (Wildman–Crippen LogP) is 1.71. The van der Waals surface area contributed by atoms with E-state index in [0.717, 1.165) is 12.8 Å². The van der Waals surface area contributed by atoms with Crippen molar-refractivity contribution in [3.05, 3.63) is 0 Å². The third-order valence-electron chi connectivity index (χ3n) is 2.30. The average molecular weight is 196 g/mol. The van der Waals surface area contributed by atoms with E-state index in [4.69, 9.17) is 0 Å². The van der Waals surface area contributed by atoms with Crippen molar-refractivity contribution in [3.8, 4) is 0 Å². The van der Waals surface area contributed by atoms with Crippen molar-refractivity contribution in [3.63, 3.8) is 0 Å². The molecule has 0 aromatic carbocycles. The van der Waals surface area contributed by atoms with Gasteiger partial charge in [0.05, 0.1) is 13.1 Å². The number of carbonyl (C=O) groups excluding carboxylic acids is 2. The molecule has 0 aliphatic heterocycles. The fourth-order valence-electron chi connectivity index (χ4n) is 1.36. The fraction of sp³-hybridized carbons (Fsp3) is 0.800. The van der Waals surface area contributed by atoms with E-state index >= 15 is 0 Å². The Hall–Kier alpha value is -1.24. The molecule has 0 aliphatic carbocycles. The summed E-state index contributed by atoms with van der Waals surface area (Å²) in [6.45, 7) is 5.24. The number of rotatable bonds is 7. The molecule has 0 N–H and O–H groups in total. The second-order valence-corrected chi connectivity index (χ2v) is 3.53.